The van der Waals surface area contributed by atoms with E-state index in [1.807, 2.05) is 24.3 Å². The predicted octanol–water partition coefficient (Wildman–Crippen LogP) is 4.57. The molecule has 5 heteroatoms. The number of methoxy groups -OCH3 is 1. The van der Waals surface area contributed by atoms with E-state index in [-0.39, 0.29) is 24.9 Å². The maximum absolute atomic E-state index is 7.60. The molecule has 0 fully saturated rings. The molecule has 1 aromatic carbocycles. The van der Waals surface area contributed by atoms with Crippen LogP contribution in [0.4, 0.5) is 0 Å². The fourth-order valence-corrected chi connectivity index (χ4v) is 2.39. The van der Waals surface area contributed by atoms with Gasteiger partial charge in [0.1, 0.15) is 19.0 Å². The van der Waals surface area contributed by atoms with Gasteiger partial charge in [-0.15, -0.1) is 0 Å². The Hall–Kier alpha value is -1.10. The largest absolute Gasteiger partial charge is 0.475 e. The van der Waals surface area contributed by atoms with Crippen molar-refractivity contribution >= 4 is 17.5 Å². The first-order valence-electron chi connectivity index (χ1n) is 7.16. The number of unbranched alkanes of at least 4 members (excludes halogenated alkanes) is 1. The first kappa shape index (κ1) is 18.0. The summed E-state index contributed by atoms with van der Waals surface area (Å²) in [5.74, 6) is 0.175. The maximum atomic E-state index is 7.60. The molecule has 0 saturated heterocycles. The van der Waals surface area contributed by atoms with Crippen LogP contribution in [0.1, 0.15) is 44.8 Å². The van der Waals surface area contributed by atoms with Crippen molar-refractivity contribution in [1.82, 2.24) is 0 Å². The van der Waals surface area contributed by atoms with Crippen molar-refractivity contribution in [1.29, 1.82) is 5.41 Å². The standard InChI is InChI=1S/C16H24ClNO3/c1-4-5-10-15(21-12(2)18)16(20-11-19-3)13-8-6-7-9-14(13)17/h6-9,15-16,18H,4-5,10-11H2,1-3H3. The molecule has 0 aromatic heterocycles. The minimum Gasteiger partial charge on any atom is -0.475 e. The fourth-order valence-electron chi connectivity index (χ4n) is 2.15. The van der Waals surface area contributed by atoms with Gasteiger partial charge in [0, 0.05) is 24.6 Å². The van der Waals surface area contributed by atoms with Gasteiger partial charge in [0.25, 0.3) is 0 Å². The number of nitrogens with one attached hydrogen (secondary N) is 1. The van der Waals surface area contributed by atoms with Crippen LogP contribution in [-0.2, 0) is 14.2 Å². The summed E-state index contributed by atoms with van der Waals surface area (Å²) in [6, 6.07) is 7.54. The van der Waals surface area contributed by atoms with Gasteiger partial charge >= 0.3 is 0 Å². The Balaban J connectivity index is 3.00. The summed E-state index contributed by atoms with van der Waals surface area (Å²) in [5.41, 5.74) is 0.860. The summed E-state index contributed by atoms with van der Waals surface area (Å²) >= 11 is 6.28. The molecule has 2 unspecified atom stereocenters. The van der Waals surface area contributed by atoms with Gasteiger partial charge in [-0.3, -0.25) is 5.41 Å². The minimum absolute atomic E-state index is 0.152. The summed E-state index contributed by atoms with van der Waals surface area (Å²) in [4.78, 5) is 0. The van der Waals surface area contributed by atoms with Crippen molar-refractivity contribution in [3.8, 4) is 0 Å². The zero-order chi connectivity index (χ0) is 15.7. The predicted molar refractivity (Wildman–Crippen MR) is 85.0 cm³/mol. The van der Waals surface area contributed by atoms with Crippen molar-refractivity contribution in [3.63, 3.8) is 0 Å². The van der Waals surface area contributed by atoms with Crippen LogP contribution in [-0.4, -0.2) is 25.9 Å². The van der Waals surface area contributed by atoms with Gasteiger partial charge in [0.15, 0.2) is 5.90 Å². The summed E-state index contributed by atoms with van der Waals surface area (Å²) in [6.45, 7) is 3.90. The Morgan fingerprint density at radius 2 is 2.05 bits per heavy atom. The summed E-state index contributed by atoms with van der Waals surface area (Å²) in [7, 11) is 1.58. The van der Waals surface area contributed by atoms with Crippen LogP contribution in [0.3, 0.4) is 0 Å². The average Bonchev–Trinajstić information content (AvgIpc) is 2.46. The van der Waals surface area contributed by atoms with E-state index in [1.165, 1.54) is 0 Å². The number of benzene rings is 1. The second kappa shape index (κ2) is 9.77. The molecule has 0 heterocycles. The van der Waals surface area contributed by atoms with Crippen LogP contribution in [0.5, 0.6) is 0 Å². The highest BCUT2D eigenvalue weighted by atomic mass is 35.5. The molecule has 1 aromatic rings. The first-order valence-corrected chi connectivity index (χ1v) is 7.54. The molecule has 2 atom stereocenters. The van der Waals surface area contributed by atoms with E-state index in [9.17, 15) is 0 Å². The zero-order valence-corrected chi connectivity index (χ0v) is 13.7. The number of hydrogen-bond acceptors (Lipinski definition) is 4. The van der Waals surface area contributed by atoms with E-state index in [0.29, 0.717) is 5.02 Å². The van der Waals surface area contributed by atoms with Gasteiger partial charge < -0.3 is 14.2 Å². The molecule has 118 valence electrons. The van der Waals surface area contributed by atoms with Gasteiger partial charge in [-0.25, -0.2) is 0 Å². The molecule has 0 bridgehead atoms. The molecular weight excluding hydrogens is 290 g/mol. The smallest absolute Gasteiger partial charge is 0.177 e. The van der Waals surface area contributed by atoms with Crippen LogP contribution < -0.4 is 0 Å². The monoisotopic (exact) mass is 313 g/mol. The number of hydrogen-bond donors (Lipinski definition) is 1. The van der Waals surface area contributed by atoms with Gasteiger partial charge in [-0.2, -0.15) is 0 Å². The van der Waals surface area contributed by atoms with Gasteiger partial charge in [0.05, 0.1) is 0 Å². The van der Waals surface area contributed by atoms with E-state index in [4.69, 9.17) is 31.2 Å². The highest BCUT2D eigenvalue weighted by molar-refractivity contribution is 6.31. The minimum atomic E-state index is -0.356. The molecule has 4 nitrogen and oxygen atoms in total. The molecular formula is C16H24ClNO3. The van der Waals surface area contributed by atoms with Crippen LogP contribution in [0.25, 0.3) is 0 Å². The maximum Gasteiger partial charge on any atom is 0.177 e. The summed E-state index contributed by atoms with van der Waals surface area (Å²) in [5, 5.41) is 8.24. The van der Waals surface area contributed by atoms with E-state index < -0.39 is 0 Å². The number of rotatable bonds is 9. The Kier molecular flexibility index (Phi) is 8.35. The third-order valence-corrected chi connectivity index (χ3v) is 3.43. The molecule has 0 spiro atoms. The lowest BCUT2D eigenvalue weighted by atomic mass is 9.99. The van der Waals surface area contributed by atoms with Crippen molar-refractivity contribution in [2.45, 2.75) is 45.3 Å². The molecule has 0 saturated carbocycles. The normalized spacial score (nSPS) is 13.7. The zero-order valence-electron chi connectivity index (χ0n) is 12.9. The molecule has 1 rings (SSSR count). The van der Waals surface area contributed by atoms with Crippen LogP contribution >= 0.6 is 11.6 Å². The third kappa shape index (κ3) is 6.04. The lowest BCUT2D eigenvalue weighted by Gasteiger charge is -2.28. The molecule has 0 aliphatic heterocycles. The average molecular weight is 314 g/mol. The Morgan fingerprint density at radius 1 is 1.33 bits per heavy atom. The quantitative estimate of drug-likeness (QED) is 0.412. The lowest BCUT2D eigenvalue weighted by Crippen LogP contribution is -2.27. The Labute approximate surface area is 131 Å². The van der Waals surface area contributed by atoms with Crippen molar-refractivity contribution in [3.05, 3.63) is 34.9 Å². The molecule has 1 N–H and O–H groups in total. The van der Waals surface area contributed by atoms with E-state index >= 15 is 0 Å². The Bertz CT molecular complexity index is 439. The lowest BCUT2D eigenvalue weighted by molar-refractivity contribution is -0.113. The Morgan fingerprint density at radius 3 is 2.62 bits per heavy atom. The van der Waals surface area contributed by atoms with E-state index in [2.05, 4.69) is 6.92 Å². The highest BCUT2D eigenvalue weighted by Crippen LogP contribution is 2.32. The number of ether oxygens (including phenoxy) is 3. The first-order chi connectivity index (χ1) is 10.1. The number of halogens is 1. The van der Waals surface area contributed by atoms with Crippen molar-refractivity contribution in [2.75, 3.05) is 13.9 Å². The van der Waals surface area contributed by atoms with Crippen molar-refractivity contribution in [2.24, 2.45) is 0 Å². The SMILES string of the molecule is CCCCC(OC(C)=N)C(OCOC)c1ccccc1Cl. The van der Waals surface area contributed by atoms with Gasteiger partial charge in [-0.05, 0) is 18.9 Å². The van der Waals surface area contributed by atoms with Crippen LogP contribution in [0.2, 0.25) is 5.02 Å². The summed E-state index contributed by atoms with van der Waals surface area (Å²) < 4.78 is 16.5. The van der Waals surface area contributed by atoms with Crippen LogP contribution in [0, 0.1) is 5.41 Å². The summed E-state index contributed by atoms with van der Waals surface area (Å²) in [6.07, 6.45) is 2.24. The van der Waals surface area contributed by atoms with Crippen LogP contribution in [0.15, 0.2) is 24.3 Å². The molecule has 0 amide bonds. The van der Waals surface area contributed by atoms with Gasteiger partial charge in [-0.1, -0.05) is 43.1 Å². The van der Waals surface area contributed by atoms with Gasteiger partial charge in [0.2, 0.25) is 0 Å². The molecule has 0 radical (unpaired) electrons. The molecule has 0 aliphatic carbocycles. The third-order valence-electron chi connectivity index (χ3n) is 3.09. The van der Waals surface area contributed by atoms with Crippen molar-refractivity contribution < 1.29 is 14.2 Å². The second-order valence-electron chi connectivity index (χ2n) is 4.87. The van der Waals surface area contributed by atoms with E-state index in [0.717, 1.165) is 24.8 Å². The van der Waals surface area contributed by atoms with E-state index in [1.54, 1.807) is 14.0 Å². The highest BCUT2D eigenvalue weighted by Gasteiger charge is 2.27. The second-order valence-corrected chi connectivity index (χ2v) is 5.28. The molecule has 0 aliphatic rings. The topological polar surface area (TPSA) is 51.5 Å². The fraction of sp³-hybridized carbons (Fsp3) is 0.562. The molecule has 21 heavy (non-hydrogen) atoms.